The predicted octanol–water partition coefficient (Wildman–Crippen LogP) is 6.13. The van der Waals surface area contributed by atoms with E-state index in [4.69, 9.17) is 5.41 Å². The van der Waals surface area contributed by atoms with E-state index >= 15 is 0 Å². The molecule has 172 valence electrons. The van der Waals surface area contributed by atoms with Crippen LogP contribution in [0.15, 0.2) is 52.1 Å². The maximum Gasteiger partial charge on any atom is 0.283 e. The van der Waals surface area contributed by atoms with Gasteiger partial charge in [0.25, 0.3) is 5.91 Å². The number of unbranched alkanes of at least 4 members (excludes halogenated alkanes) is 4. The smallest absolute Gasteiger partial charge is 0.283 e. The van der Waals surface area contributed by atoms with Gasteiger partial charge in [-0.3, -0.25) is 10.2 Å². The molecule has 0 atom stereocenters. The van der Waals surface area contributed by atoms with Crippen molar-refractivity contribution in [3.8, 4) is 0 Å². The van der Waals surface area contributed by atoms with E-state index < -0.39 is 0 Å². The second-order valence-corrected chi connectivity index (χ2v) is 9.62. The van der Waals surface area contributed by atoms with Crippen LogP contribution in [0.2, 0.25) is 0 Å². The summed E-state index contributed by atoms with van der Waals surface area (Å²) in [5.74, 6) is -0.266. The zero-order valence-electron chi connectivity index (χ0n) is 19.6. The van der Waals surface area contributed by atoms with Crippen molar-refractivity contribution in [2.75, 3.05) is 0 Å². The number of aliphatic imine (C=N–C) groups is 1. The molecule has 0 bridgehead atoms. The maximum absolute atomic E-state index is 12.8. The highest BCUT2D eigenvalue weighted by molar-refractivity contribution is 8.26. The number of benzene rings is 1. The van der Waals surface area contributed by atoms with Gasteiger partial charge in [-0.25, -0.2) is 0 Å². The summed E-state index contributed by atoms with van der Waals surface area (Å²) in [5, 5.41) is 16.2. The molecule has 2 aliphatic rings. The number of aryl methyl sites for hydroxylation is 1. The molecule has 7 heteroatoms. The van der Waals surface area contributed by atoms with Crippen molar-refractivity contribution >= 4 is 39.8 Å². The molecule has 1 aromatic carbocycles. The van der Waals surface area contributed by atoms with Gasteiger partial charge < -0.3 is 4.57 Å². The number of carbonyl (C=O) groups is 1. The average molecular weight is 462 g/mol. The first kappa shape index (κ1) is 23.2. The minimum atomic E-state index is -0.369. The highest BCUT2D eigenvalue weighted by Crippen LogP contribution is 2.31. The van der Waals surface area contributed by atoms with Gasteiger partial charge in [0.1, 0.15) is 5.04 Å². The molecule has 0 radical (unpaired) electrons. The third-order valence-corrected chi connectivity index (χ3v) is 7.05. The number of carbonyl (C=O) groups excluding carboxylic acids is 1. The van der Waals surface area contributed by atoms with Gasteiger partial charge in [-0.15, -0.1) is 0 Å². The lowest BCUT2D eigenvalue weighted by atomic mass is 10.1. The van der Waals surface area contributed by atoms with Gasteiger partial charge >= 0.3 is 0 Å². The summed E-state index contributed by atoms with van der Waals surface area (Å²) < 4.78 is 2.23. The quantitative estimate of drug-likeness (QED) is 0.360. The van der Waals surface area contributed by atoms with Crippen molar-refractivity contribution in [3.05, 3.63) is 64.5 Å². The van der Waals surface area contributed by atoms with Crippen molar-refractivity contribution in [3.63, 3.8) is 0 Å². The number of nitrogens with one attached hydrogen (secondary N) is 1. The maximum atomic E-state index is 12.8. The number of nitrogens with zero attached hydrogens (tertiary/aromatic N) is 4. The number of aromatic nitrogens is 1. The second kappa shape index (κ2) is 10.3. The van der Waals surface area contributed by atoms with Gasteiger partial charge in [0.15, 0.2) is 5.84 Å². The van der Waals surface area contributed by atoms with Crippen LogP contribution in [0.5, 0.6) is 0 Å². The molecule has 1 aromatic heterocycles. The van der Waals surface area contributed by atoms with Crippen molar-refractivity contribution in [2.24, 2.45) is 10.1 Å². The van der Waals surface area contributed by atoms with Crippen molar-refractivity contribution in [1.29, 1.82) is 5.41 Å². The SMILES string of the molecule is CCCCCCCC1=NN2C(=N)/C(=C\c3cc(C)n(Cc4ccccc4)c3C)C(=O)N=C2S1. The van der Waals surface area contributed by atoms with Gasteiger partial charge in [-0.1, -0.05) is 62.9 Å². The largest absolute Gasteiger partial charge is 0.344 e. The fourth-order valence-electron chi connectivity index (χ4n) is 4.15. The lowest BCUT2D eigenvalue weighted by Gasteiger charge is -2.20. The molecule has 1 N–H and O–H groups in total. The Kier molecular flexibility index (Phi) is 7.28. The van der Waals surface area contributed by atoms with Crippen LogP contribution in [-0.4, -0.2) is 31.5 Å². The van der Waals surface area contributed by atoms with Gasteiger partial charge in [-0.05, 0) is 61.7 Å². The molecule has 0 saturated carbocycles. The average Bonchev–Trinajstić information content (AvgIpc) is 3.33. The number of hydrazone groups is 1. The monoisotopic (exact) mass is 461 g/mol. The van der Waals surface area contributed by atoms with E-state index in [1.807, 2.05) is 18.2 Å². The number of thioether (sulfide) groups is 1. The van der Waals surface area contributed by atoms with Crippen LogP contribution in [0.4, 0.5) is 0 Å². The van der Waals surface area contributed by atoms with E-state index in [0.29, 0.717) is 5.17 Å². The standard InChI is InChI=1S/C26H31N5OS/c1-4-5-6-7-11-14-23-29-31-24(27)22(25(32)28-26(31)33-23)16-21-15-18(2)30(19(21)3)17-20-12-9-8-10-13-20/h8-10,12-13,15-16,27H,4-7,11,14,17H2,1-3H3/b22-16+,27-24?. The van der Waals surface area contributed by atoms with Gasteiger partial charge in [-0.2, -0.15) is 15.1 Å². The molecule has 0 unspecified atom stereocenters. The zero-order chi connectivity index (χ0) is 23.4. The number of rotatable bonds is 9. The topological polar surface area (TPSA) is 73.8 Å². The molecular weight excluding hydrogens is 430 g/mol. The van der Waals surface area contributed by atoms with Crippen LogP contribution in [0.25, 0.3) is 6.08 Å². The highest BCUT2D eigenvalue weighted by Gasteiger charge is 2.35. The van der Waals surface area contributed by atoms with E-state index in [0.717, 1.165) is 41.4 Å². The van der Waals surface area contributed by atoms with Gasteiger partial charge in [0.2, 0.25) is 5.17 Å². The Bertz CT molecular complexity index is 1140. The summed E-state index contributed by atoms with van der Waals surface area (Å²) in [6.07, 6.45) is 8.64. The first-order valence-corrected chi connectivity index (χ1v) is 12.5. The number of amides is 1. The fourth-order valence-corrected chi connectivity index (χ4v) is 5.08. The molecule has 6 nitrogen and oxygen atoms in total. The Labute approximate surface area is 200 Å². The molecular formula is C26H31N5OS. The molecule has 4 rings (SSSR count). The third kappa shape index (κ3) is 5.19. The number of fused-ring (bicyclic) bond motifs is 1. The minimum absolute atomic E-state index is 0.103. The Morgan fingerprint density at radius 3 is 2.61 bits per heavy atom. The van der Waals surface area contributed by atoms with E-state index in [9.17, 15) is 4.79 Å². The molecule has 0 fully saturated rings. The van der Waals surface area contributed by atoms with E-state index in [1.165, 1.54) is 48.0 Å². The first-order valence-electron chi connectivity index (χ1n) is 11.7. The van der Waals surface area contributed by atoms with E-state index in [-0.39, 0.29) is 17.3 Å². The number of hydrogen-bond donors (Lipinski definition) is 1. The third-order valence-electron chi connectivity index (χ3n) is 6.09. The second-order valence-electron chi connectivity index (χ2n) is 8.58. The van der Waals surface area contributed by atoms with Crippen molar-refractivity contribution in [2.45, 2.75) is 65.8 Å². The zero-order valence-corrected chi connectivity index (χ0v) is 20.4. The van der Waals surface area contributed by atoms with Crippen LogP contribution >= 0.6 is 11.8 Å². The Morgan fingerprint density at radius 1 is 1.09 bits per heavy atom. The van der Waals surface area contributed by atoms with E-state index in [2.05, 4.69) is 53.6 Å². The molecule has 2 aliphatic heterocycles. The summed E-state index contributed by atoms with van der Waals surface area (Å²) in [6, 6.07) is 12.4. The molecule has 0 spiro atoms. The molecule has 1 amide bonds. The van der Waals surface area contributed by atoms with Crippen LogP contribution in [0.3, 0.4) is 0 Å². The van der Waals surface area contributed by atoms with Gasteiger partial charge in [0, 0.05) is 17.9 Å². The summed E-state index contributed by atoms with van der Waals surface area (Å²) in [5.41, 5.74) is 4.61. The van der Waals surface area contributed by atoms with Gasteiger partial charge in [0.05, 0.1) is 5.57 Å². The van der Waals surface area contributed by atoms with Crippen LogP contribution in [0, 0.1) is 19.3 Å². The van der Waals surface area contributed by atoms with Crippen molar-refractivity contribution in [1.82, 2.24) is 9.58 Å². The lowest BCUT2D eigenvalue weighted by molar-refractivity contribution is -0.114. The minimum Gasteiger partial charge on any atom is -0.344 e. The van der Waals surface area contributed by atoms with Crippen molar-refractivity contribution < 1.29 is 4.79 Å². The summed E-state index contributed by atoms with van der Waals surface area (Å²) in [4.78, 5) is 17.0. The normalized spacial score (nSPS) is 16.9. The number of amidine groups is 2. The summed E-state index contributed by atoms with van der Waals surface area (Å²) in [7, 11) is 0. The molecule has 2 aromatic rings. The van der Waals surface area contributed by atoms with Crippen LogP contribution < -0.4 is 0 Å². The molecule has 0 saturated heterocycles. The summed E-state index contributed by atoms with van der Waals surface area (Å²) in [6.45, 7) is 7.09. The predicted molar refractivity (Wildman–Crippen MR) is 138 cm³/mol. The fraction of sp³-hybridized carbons (Fsp3) is 0.385. The van der Waals surface area contributed by atoms with Crippen LogP contribution in [-0.2, 0) is 11.3 Å². The Balaban J connectivity index is 1.51. The first-order chi connectivity index (χ1) is 16.0. The van der Waals surface area contributed by atoms with E-state index in [1.54, 1.807) is 6.08 Å². The Hall–Kier alpha value is -2.93. The molecule has 3 heterocycles. The molecule has 0 aliphatic carbocycles. The summed E-state index contributed by atoms with van der Waals surface area (Å²) >= 11 is 1.42. The highest BCUT2D eigenvalue weighted by atomic mass is 32.2. The Morgan fingerprint density at radius 2 is 1.85 bits per heavy atom. The molecule has 33 heavy (non-hydrogen) atoms. The number of hydrogen-bond acceptors (Lipinski definition) is 4. The van der Waals surface area contributed by atoms with Crippen LogP contribution in [0.1, 0.15) is 68.0 Å². The lowest BCUT2D eigenvalue weighted by Crippen LogP contribution is -2.35.